The highest BCUT2D eigenvalue weighted by molar-refractivity contribution is 6.84. The first kappa shape index (κ1) is 13.7. The SMILES string of the molecule is Cc1cc(C)c(N=CC#C[Si](C)(C)C)c(C)c1. The van der Waals surface area contributed by atoms with Crippen molar-refractivity contribution in [1.29, 1.82) is 0 Å². The Bertz CT molecular complexity index is 473. The third-order valence-electron chi connectivity index (χ3n) is 2.34. The lowest BCUT2D eigenvalue weighted by molar-refractivity contribution is 1.29. The Labute approximate surface area is 106 Å². The summed E-state index contributed by atoms with van der Waals surface area (Å²) in [5, 5.41) is 0. The molecular weight excluding hydrogens is 222 g/mol. The highest BCUT2D eigenvalue weighted by Crippen LogP contribution is 2.24. The van der Waals surface area contributed by atoms with Crippen LogP contribution in [0.2, 0.25) is 19.6 Å². The molecule has 0 unspecified atom stereocenters. The van der Waals surface area contributed by atoms with Gasteiger partial charge in [-0.3, -0.25) is 0 Å². The zero-order valence-corrected chi connectivity index (χ0v) is 12.7. The third kappa shape index (κ3) is 4.58. The minimum atomic E-state index is -1.28. The predicted octanol–water partition coefficient (Wildman–Crippen LogP) is 4.19. The maximum Gasteiger partial charge on any atom is 0.129 e. The Morgan fingerprint density at radius 3 is 2.06 bits per heavy atom. The molecule has 0 atom stereocenters. The van der Waals surface area contributed by atoms with Gasteiger partial charge in [0.05, 0.1) is 11.9 Å². The third-order valence-corrected chi connectivity index (χ3v) is 3.24. The van der Waals surface area contributed by atoms with Crippen LogP contribution < -0.4 is 0 Å². The summed E-state index contributed by atoms with van der Waals surface area (Å²) in [5.41, 5.74) is 8.05. The molecule has 1 nitrogen and oxygen atoms in total. The van der Waals surface area contributed by atoms with Crippen LogP contribution in [0.4, 0.5) is 5.69 Å². The van der Waals surface area contributed by atoms with Crippen LogP contribution in [0.3, 0.4) is 0 Å². The Balaban J connectivity index is 2.96. The Hall–Kier alpha value is -1.33. The summed E-state index contributed by atoms with van der Waals surface area (Å²) in [4.78, 5) is 4.47. The van der Waals surface area contributed by atoms with Gasteiger partial charge >= 0.3 is 0 Å². The summed E-state index contributed by atoms with van der Waals surface area (Å²) in [6.07, 6.45) is 1.74. The molecule has 2 heteroatoms. The van der Waals surface area contributed by atoms with Crippen molar-refractivity contribution in [1.82, 2.24) is 0 Å². The number of hydrogen-bond acceptors (Lipinski definition) is 1. The maximum atomic E-state index is 4.47. The van der Waals surface area contributed by atoms with Crippen molar-refractivity contribution in [2.75, 3.05) is 0 Å². The average Bonchev–Trinajstić information content (AvgIpc) is 2.13. The predicted molar refractivity (Wildman–Crippen MR) is 79.9 cm³/mol. The van der Waals surface area contributed by atoms with E-state index in [1.807, 2.05) is 0 Å². The van der Waals surface area contributed by atoms with Crippen LogP contribution in [-0.4, -0.2) is 14.3 Å². The van der Waals surface area contributed by atoms with Gasteiger partial charge in [-0.05, 0) is 31.9 Å². The number of aryl methyl sites for hydroxylation is 3. The summed E-state index contributed by atoms with van der Waals surface area (Å²) >= 11 is 0. The van der Waals surface area contributed by atoms with E-state index in [0.717, 1.165) is 5.69 Å². The molecule has 0 aromatic heterocycles. The van der Waals surface area contributed by atoms with Gasteiger partial charge in [0.1, 0.15) is 8.07 Å². The fourth-order valence-corrected chi connectivity index (χ4v) is 2.22. The minimum absolute atomic E-state index is 1.06. The van der Waals surface area contributed by atoms with Gasteiger partial charge in [0.25, 0.3) is 0 Å². The Morgan fingerprint density at radius 1 is 1.06 bits per heavy atom. The second-order valence-corrected chi connectivity index (χ2v) is 10.3. The molecule has 1 rings (SSSR count). The second kappa shape index (κ2) is 5.33. The fourth-order valence-electron chi connectivity index (χ4n) is 1.72. The van der Waals surface area contributed by atoms with E-state index in [0.29, 0.717) is 0 Å². The lowest BCUT2D eigenvalue weighted by atomic mass is 10.1. The number of benzene rings is 1. The summed E-state index contributed by atoms with van der Waals surface area (Å²) in [6.45, 7) is 13.0. The van der Waals surface area contributed by atoms with E-state index in [1.165, 1.54) is 16.7 Å². The molecule has 0 saturated carbocycles. The molecule has 0 aliphatic rings. The van der Waals surface area contributed by atoms with Crippen molar-refractivity contribution in [2.24, 2.45) is 4.99 Å². The highest BCUT2D eigenvalue weighted by atomic mass is 28.3. The summed E-state index contributed by atoms with van der Waals surface area (Å²) in [6, 6.07) is 4.32. The normalized spacial score (nSPS) is 11.4. The zero-order chi connectivity index (χ0) is 13.1. The van der Waals surface area contributed by atoms with Crippen LogP contribution in [0.15, 0.2) is 17.1 Å². The number of aliphatic imine (C=N–C) groups is 1. The molecule has 0 spiro atoms. The molecule has 0 fully saturated rings. The van der Waals surface area contributed by atoms with E-state index in [1.54, 1.807) is 6.21 Å². The first-order valence-electron chi connectivity index (χ1n) is 5.93. The van der Waals surface area contributed by atoms with Crippen molar-refractivity contribution in [3.8, 4) is 11.5 Å². The topological polar surface area (TPSA) is 12.4 Å². The molecule has 1 aromatic rings. The molecule has 0 heterocycles. The lowest BCUT2D eigenvalue weighted by Crippen LogP contribution is -2.16. The van der Waals surface area contributed by atoms with Crippen molar-refractivity contribution < 1.29 is 0 Å². The van der Waals surface area contributed by atoms with Crippen molar-refractivity contribution in [3.05, 3.63) is 28.8 Å². The summed E-state index contributed by atoms with van der Waals surface area (Å²) in [5.74, 6) is 3.06. The zero-order valence-electron chi connectivity index (χ0n) is 11.7. The molecule has 0 amide bonds. The van der Waals surface area contributed by atoms with Gasteiger partial charge in [0.15, 0.2) is 0 Å². The quantitative estimate of drug-likeness (QED) is 0.398. The van der Waals surface area contributed by atoms with E-state index in [-0.39, 0.29) is 0 Å². The van der Waals surface area contributed by atoms with E-state index in [2.05, 4.69) is 69.0 Å². The van der Waals surface area contributed by atoms with Crippen LogP contribution in [0.5, 0.6) is 0 Å². The molecule has 0 bridgehead atoms. The summed E-state index contributed by atoms with van der Waals surface area (Å²) in [7, 11) is -1.28. The molecule has 1 aromatic carbocycles. The van der Waals surface area contributed by atoms with E-state index in [4.69, 9.17) is 0 Å². The van der Waals surface area contributed by atoms with Crippen LogP contribution in [0, 0.1) is 32.2 Å². The first-order valence-corrected chi connectivity index (χ1v) is 9.43. The van der Waals surface area contributed by atoms with Crippen LogP contribution in [-0.2, 0) is 0 Å². The van der Waals surface area contributed by atoms with Gasteiger partial charge in [0.2, 0.25) is 0 Å². The molecule has 0 saturated heterocycles. The number of rotatable bonds is 1. The number of hydrogen-bond donors (Lipinski definition) is 0. The van der Waals surface area contributed by atoms with E-state index in [9.17, 15) is 0 Å². The fraction of sp³-hybridized carbons (Fsp3) is 0.400. The largest absolute Gasteiger partial charge is 0.247 e. The van der Waals surface area contributed by atoms with Gasteiger partial charge in [-0.1, -0.05) is 43.3 Å². The highest BCUT2D eigenvalue weighted by Gasteiger charge is 2.06. The van der Waals surface area contributed by atoms with Crippen LogP contribution >= 0.6 is 0 Å². The van der Waals surface area contributed by atoms with Crippen molar-refractivity contribution >= 4 is 20.0 Å². The van der Waals surface area contributed by atoms with Crippen LogP contribution in [0.1, 0.15) is 16.7 Å². The molecule has 0 radical (unpaired) electrons. The van der Waals surface area contributed by atoms with Crippen molar-refractivity contribution in [3.63, 3.8) is 0 Å². The van der Waals surface area contributed by atoms with Gasteiger partial charge in [0, 0.05) is 0 Å². The molecule has 90 valence electrons. The maximum absolute atomic E-state index is 4.47. The van der Waals surface area contributed by atoms with Crippen molar-refractivity contribution in [2.45, 2.75) is 40.4 Å². The van der Waals surface area contributed by atoms with E-state index >= 15 is 0 Å². The monoisotopic (exact) mass is 243 g/mol. The Kier molecular flexibility index (Phi) is 4.31. The molecule has 17 heavy (non-hydrogen) atoms. The number of nitrogens with zero attached hydrogens (tertiary/aromatic N) is 1. The lowest BCUT2D eigenvalue weighted by Gasteiger charge is -2.05. The molecule has 0 aliphatic heterocycles. The van der Waals surface area contributed by atoms with Gasteiger partial charge < -0.3 is 0 Å². The standard InChI is InChI=1S/C15H21NSi/c1-12-10-13(2)15(14(3)11-12)16-8-7-9-17(4,5)6/h8,10-11H,1-6H3. The average molecular weight is 243 g/mol. The van der Waals surface area contributed by atoms with Gasteiger partial charge in [-0.25, -0.2) is 4.99 Å². The van der Waals surface area contributed by atoms with Gasteiger partial charge in [-0.15, -0.1) is 5.54 Å². The minimum Gasteiger partial charge on any atom is -0.247 e. The van der Waals surface area contributed by atoms with E-state index < -0.39 is 8.07 Å². The smallest absolute Gasteiger partial charge is 0.129 e. The molecular formula is C15H21NSi. The first-order chi connectivity index (χ1) is 7.79. The van der Waals surface area contributed by atoms with Gasteiger partial charge in [-0.2, -0.15) is 0 Å². The van der Waals surface area contributed by atoms with Crippen LogP contribution in [0.25, 0.3) is 0 Å². The molecule has 0 N–H and O–H groups in total. The Morgan fingerprint density at radius 2 is 1.59 bits per heavy atom. The molecule has 0 aliphatic carbocycles. The second-order valence-electron chi connectivity index (χ2n) is 5.52. The summed E-state index contributed by atoms with van der Waals surface area (Å²) < 4.78 is 0.